The number of carbonyl (C=O) groups excluding carboxylic acids is 3. The van der Waals surface area contributed by atoms with Crippen LogP contribution in [-0.4, -0.2) is 37.2 Å². The van der Waals surface area contributed by atoms with Gasteiger partial charge in [0.05, 0.1) is 0 Å². The van der Waals surface area contributed by atoms with E-state index in [1.807, 2.05) is 72.9 Å². The van der Waals surface area contributed by atoms with Gasteiger partial charge in [-0.3, -0.25) is 14.4 Å². The van der Waals surface area contributed by atoms with Gasteiger partial charge in [0.1, 0.15) is 13.2 Å². The molecule has 1 atom stereocenters. The Morgan fingerprint density at radius 3 is 1.10 bits per heavy atom. The smallest absolute Gasteiger partial charge is 0.306 e. The van der Waals surface area contributed by atoms with E-state index in [-0.39, 0.29) is 31.1 Å². The largest absolute Gasteiger partial charge is 0.462 e. The molecule has 0 amide bonds. The molecule has 6 heteroatoms. The maximum absolute atomic E-state index is 12.8. The zero-order valence-electron chi connectivity index (χ0n) is 40.1. The number of allylic oxidation sites excluding steroid dienone is 16. The molecular formula is C56H92O6. The molecule has 0 spiro atoms. The highest BCUT2D eigenvalue weighted by molar-refractivity contribution is 5.71. The molecule has 0 aliphatic carbocycles. The SMILES string of the molecule is CC\C=C/C=C\C=C/C=C\C=C\C=C/C=C\CCCCCC(=O)OCC(COC(=O)CCCCCCC/C=C\CCCC)OC(=O)CCCCCCCCCCCCCCCC. The minimum atomic E-state index is -0.797. The average molecular weight is 861 g/mol. The highest BCUT2D eigenvalue weighted by atomic mass is 16.6. The average Bonchev–Trinajstić information content (AvgIpc) is 3.27. The van der Waals surface area contributed by atoms with Crippen LogP contribution in [0.1, 0.15) is 220 Å². The molecule has 0 saturated heterocycles. The molecule has 0 aromatic rings. The summed E-state index contributed by atoms with van der Waals surface area (Å²) in [6.45, 7) is 6.40. The van der Waals surface area contributed by atoms with Gasteiger partial charge in [-0.05, 0) is 57.8 Å². The third-order valence-corrected chi connectivity index (χ3v) is 10.5. The highest BCUT2D eigenvalue weighted by Crippen LogP contribution is 2.15. The summed E-state index contributed by atoms with van der Waals surface area (Å²) in [5.41, 5.74) is 0. The first-order valence-corrected chi connectivity index (χ1v) is 25.3. The molecule has 0 fully saturated rings. The predicted octanol–water partition coefficient (Wildman–Crippen LogP) is 16.6. The molecule has 6 nitrogen and oxygen atoms in total. The van der Waals surface area contributed by atoms with Gasteiger partial charge in [-0.1, -0.05) is 240 Å². The van der Waals surface area contributed by atoms with E-state index in [0.29, 0.717) is 19.3 Å². The van der Waals surface area contributed by atoms with E-state index in [2.05, 4.69) is 45.1 Å². The van der Waals surface area contributed by atoms with Crippen LogP contribution in [0.3, 0.4) is 0 Å². The second-order valence-corrected chi connectivity index (χ2v) is 16.5. The maximum Gasteiger partial charge on any atom is 0.306 e. The van der Waals surface area contributed by atoms with Gasteiger partial charge in [-0.15, -0.1) is 0 Å². The van der Waals surface area contributed by atoms with Crippen molar-refractivity contribution in [2.24, 2.45) is 0 Å². The van der Waals surface area contributed by atoms with Gasteiger partial charge in [0.2, 0.25) is 0 Å². The Kier molecular flexibility index (Phi) is 47.0. The molecule has 0 rings (SSSR count). The van der Waals surface area contributed by atoms with E-state index in [1.165, 1.54) is 96.3 Å². The Balaban J connectivity index is 4.48. The fourth-order valence-corrected chi connectivity index (χ4v) is 6.70. The lowest BCUT2D eigenvalue weighted by molar-refractivity contribution is -0.167. The molecule has 0 saturated carbocycles. The number of unbranched alkanes of at least 4 members (excludes halogenated alkanes) is 23. The maximum atomic E-state index is 12.8. The molecule has 0 radical (unpaired) electrons. The van der Waals surface area contributed by atoms with Crippen LogP contribution in [0.2, 0.25) is 0 Å². The van der Waals surface area contributed by atoms with E-state index in [4.69, 9.17) is 14.2 Å². The Bertz CT molecular complexity index is 1260. The summed E-state index contributed by atoms with van der Waals surface area (Å²) in [6.07, 6.45) is 65.2. The van der Waals surface area contributed by atoms with Crippen molar-refractivity contribution in [3.63, 3.8) is 0 Å². The lowest BCUT2D eigenvalue weighted by Gasteiger charge is -2.18. The zero-order valence-corrected chi connectivity index (χ0v) is 40.1. The molecular weight excluding hydrogens is 769 g/mol. The lowest BCUT2D eigenvalue weighted by atomic mass is 10.0. The van der Waals surface area contributed by atoms with Crippen LogP contribution in [0, 0.1) is 0 Å². The number of rotatable bonds is 44. The molecule has 0 aliphatic heterocycles. The van der Waals surface area contributed by atoms with Crippen LogP contribution >= 0.6 is 0 Å². The van der Waals surface area contributed by atoms with Crippen LogP contribution in [0.4, 0.5) is 0 Å². The summed E-state index contributed by atoms with van der Waals surface area (Å²) in [5.74, 6) is -0.954. The highest BCUT2D eigenvalue weighted by Gasteiger charge is 2.19. The van der Waals surface area contributed by atoms with Crippen molar-refractivity contribution >= 4 is 17.9 Å². The molecule has 0 heterocycles. The first kappa shape index (κ1) is 58.3. The Morgan fingerprint density at radius 2 is 0.661 bits per heavy atom. The molecule has 0 N–H and O–H groups in total. The first-order valence-electron chi connectivity index (χ1n) is 25.3. The van der Waals surface area contributed by atoms with E-state index in [9.17, 15) is 14.4 Å². The van der Waals surface area contributed by atoms with Crippen molar-refractivity contribution in [1.82, 2.24) is 0 Å². The molecule has 0 aromatic carbocycles. The number of ether oxygens (including phenoxy) is 3. The summed E-state index contributed by atoms with van der Waals surface area (Å²) in [5, 5.41) is 0. The van der Waals surface area contributed by atoms with Gasteiger partial charge < -0.3 is 14.2 Å². The Morgan fingerprint density at radius 1 is 0.339 bits per heavy atom. The normalized spacial score (nSPS) is 12.9. The van der Waals surface area contributed by atoms with Crippen LogP contribution in [0.15, 0.2) is 97.2 Å². The molecule has 0 aromatic heterocycles. The predicted molar refractivity (Wildman–Crippen MR) is 265 cm³/mol. The third-order valence-electron chi connectivity index (χ3n) is 10.5. The summed E-state index contributed by atoms with van der Waals surface area (Å²) >= 11 is 0. The van der Waals surface area contributed by atoms with Crippen molar-refractivity contribution in [2.75, 3.05) is 13.2 Å². The van der Waals surface area contributed by atoms with Crippen molar-refractivity contribution in [2.45, 2.75) is 226 Å². The number of hydrogen-bond acceptors (Lipinski definition) is 6. The van der Waals surface area contributed by atoms with Crippen LogP contribution in [0.5, 0.6) is 0 Å². The Hall–Kier alpha value is -3.67. The number of hydrogen-bond donors (Lipinski definition) is 0. The van der Waals surface area contributed by atoms with E-state index in [0.717, 1.165) is 83.5 Å². The van der Waals surface area contributed by atoms with Gasteiger partial charge in [-0.2, -0.15) is 0 Å². The molecule has 1 unspecified atom stereocenters. The Labute approximate surface area is 381 Å². The van der Waals surface area contributed by atoms with Gasteiger partial charge in [0.25, 0.3) is 0 Å². The molecule has 352 valence electrons. The van der Waals surface area contributed by atoms with Crippen molar-refractivity contribution in [1.29, 1.82) is 0 Å². The van der Waals surface area contributed by atoms with Crippen LogP contribution in [-0.2, 0) is 28.6 Å². The van der Waals surface area contributed by atoms with Crippen LogP contribution < -0.4 is 0 Å². The van der Waals surface area contributed by atoms with Crippen molar-refractivity contribution in [3.05, 3.63) is 97.2 Å². The lowest BCUT2D eigenvalue weighted by Crippen LogP contribution is -2.30. The number of esters is 3. The molecule has 0 bridgehead atoms. The standard InChI is InChI=1S/C56H92O6/c1-4-7-10-13-16-19-22-24-26-27-28-29-30-32-34-37-40-43-46-49-55(58)61-52-53(51-60-54(57)48-45-42-39-36-33-21-18-15-12-9-6-3)62-56(59)50-47-44-41-38-35-31-25-23-20-17-14-11-8-5-2/h7,10,13,15-16,18-19,22,24,26-30,32,34,53H,4-6,8-9,11-12,14,17,20-21,23,25,31,33,35-52H2,1-3H3/b10-7-,16-13-,18-15-,22-19-,26-24-,28-27+,30-29-,34-32-. The van der Waals surface area contributed by atoms with Gasteiger partial charge >= 0.3 is 17.9 Å². The summed E-state index contributed by atoms with van der Waals surface area (Å²) in [6, 6.07) is 0. The topological polar surface area (TPSA) is 78.9 Å². The number of carbonyl (C=O) groups is 3. The zero-order chi connectivity index (χ0) is 45.1. The second kappa shape index (κ2) is 50.0. The minimum Gasteiger partial charge on any atom is -0.462 e. The first-order chi connectivity index (χ1) is 30.5. The van der Waals surface area contributed by atoms with Crippen LogP contribution in [0.25, 0.3) is 0 Å². The quantitative estimate of drug-likeness (QED) is 0.0200. The summed E-state index contributed by atoms with van der Waals surface area (Å²) in [4.78, 5) is 37.9. The minimum absolute atomic E-state index is 0.0964. The summed E-state index contributed by atoms with van der Waals surface area (Å²) in [7, 11) is 0. The fourth-order valence-electron chi connectivity index (χ4n) is 6.70. The van der Waals surface area contributed by atoms with E-state index < -0.39 is 6.10 Å². The molecule has 0 aliphatic rings. The van der Waals surface area contributed by atoms with E-state index >= 15 is 0 Å². The third kappa shape index (κ3) is 47.4. The van der Waals surface area contributed by atoms with Crippen molar-refractivity contribution in [3.8, 4) is 0 Å². The van der Waals surface area contributed by atoms with E-state index in [1.54, 1.807) is 0 Å². The van der Waals surface area contributed by atoms with Crippen molar-refractivity contribution < 1.29 is 28.6 Å². The van der Waals surface area contributed by atoms with Gasteiger partial charge in [0, 0.05) is 19.3 Å². The second-order valence-electron chi connectivity index (χ2n) is 16.5. The fraction of sp³-hybridized carbons (Fsp3) is 0.661. The van der Waals surface area contributed by atoms with Gasteiger partial charge in [0.15, 0.2) is 6.10 Å². The summed E-state index contributed by atoms with van der Waals surface area (Å²) < 4.78 is 16.7. The monoisotopic (exact) mass is 861 g/mol. The van der Waals surface area contributed by atoms with Gasteiger partial charge in [-0.25, -0.2) is 0 Å². The molecule has 62 heavy (non-hydrogen) atoms.